The van der Waals surface area contributed by atoms with Crippen LogP contribution in [0.1, 0.15) is 24.8 Å². The summed E-state index contributed by atoms with van der Waals surface area (Å²) in [6.07, 6.45) is 2.90. The Morgan fingerprint density at radius 3 is 2.52 bits per heavy atom. The van der Waals surface area contributed by atoms with Gasteiger partial charge in [0.15, 0.2) is 0 Å². The van der Waals surface area contributed by atoms with Crippen LogP contribution in [-0.2, 0) is 14.8 Å². The Morgan fingerprint density at radius 2 is 1.96 bits per heavy atom. The van der Waals surface area contributed by atoms with E-state index in [4.69, 9.17) is 4.74 Å². The third-order valence-electron chi connectivity index (χ3n) is 4.69. The summed E-state index contributed by atoms with van der Waals surface area (Å²) in [5, 5.41) is 0. The highest BCUT2D eigenvalue weighted by Gasteiger charge is 2.39. The minimum atomic E-state index is -3.45. The Hall–Kier alpha value is -1.11. The largest absolute Gasteiger partial charge is 0.381 e. The number of aryl methyl sites for hydroxylation is 1. The first kappa shape index (κ1) is 16.7. The Kier molecular flexibility index (Phi) is 4.67. The first-order valence-corrected chi connectivity index (χ1v) is 9.71. The van der Waals surface area contributed by atoms with E-state index in [2.05, 4.69) is 0 Å². The first-order valence-electron chi connectivity index (χ1n) is 8.27. The quantitative estimate of drug-likeness (QED) is 0.798. The van der Waals surface area contributed by atoms with E-state index in [1.54, 1.807) is 16.4 Å². The minimum absolute atomic E-state index is 0.171. The van der Waals surface area contributed by atoms with Gasteiger partial charge in [0.25, 0.3) is 0 Å². The van der Waals surface area contributed by atoms with E-state index in [1.165, 1.54) is 0 Å². The molecule has 1 aliphatic heterocycles. The van der Waals surface area contributed by atoms with Gasteiger partial charge in [-0.1, -0.05) is 6.07 Å². The summed E-state index contributed by atoms with van der Waals surface area (Å²) in [5.41, 5.74) is 2.03. The van der Waals surface area contributed by atoms with Crippen molar-refractivity contribution < 1.29 is 13.2 Å². The van der Waals surface area contributed by atoms with Crippen LogP contribution in [0.3, 0.4) is 0 Å². The lowest BCUT2D eigenvalue weighted by molar-refractivity contribution is 0.180. The number of benzene rings is 1. The molecule has 0 bridgehead atoms. The second-order valence-corrected chi connectivity index (χ2v) is 8.77. The van der Waals surface area contributed by atoms with Crippen molar-refractivity contribution in [2.75, 3.05) is 38.8 Å². The topological polar surface area (TPSA) is 49.9 Å². The lowest BCUT2D eigenvalue weighted by Crippen LogP contribution is -2.37. The Bertz CT molecular complexity index is 662. The number of anilines is 1. The summed E-state index contributed by atoms with van der Waals surface area (Å²) in [6.45, 7) is 4.01. The van der Waals surface area contributed by atoms with Gasteiger partial charge >= 0.3 is 0 Å². The number of sulfonamides is 1. The molecule has 0 amide bonds. The first-order chi connectivity index (χ1) is 10.9. The van der Waals surface area contributed by atoms with Crippen molar-refractivity contribution in [3.63, 3.8) is 0 Å². The predicted octanol–water partition coefficient (Wildman–Crippen LogP) is 2.25. The minimum Gasteiger partial charge on any atom is -0.381 e. The summed E-state index contributed by atoms with van der Waals surface area (Å²) in [6, 6.07) is 5.60. The average molecular weight is 338 g/mol. The van der Waals surface area contributed by atoms with Crippen molar-refractivity contribution in [2.24, 2.45) is 5.92 Å². The molecule has 5 nitrogen and oxygen atoms in total. The van der Waals surface area contributed by atoms with Crippen LogP contribution in [0.25, 0.3) is 0 Å². The zero-order valence-electron chi connectivity index (χ0n) is 14.2. The summed E-state index contributed by atoms with van der Waals surface area (Å²) >= 11 is 0. The molecule has 6 heteroatoms. The van der Waals surface area contributed by atoms with Crippen LogP contribution in [0.15, 0.2) is 23.1 Å². The maximum Gasteiger partial charge on any atom is 0.243 e. The second-order valence-electron chi connectivity index (χ2n) is 6.88. The molecule has 1 aromatic rings. The number of hydrogen-bond acceptors (Lipinski definition) is 4. The molecule has 1 heterocycles. The molecule has 2 aliphatic rings. The van der Waals surface area contributed by atoms with Gasteiger partial charge in [-0.05, 0) is 49.8 Å². The molecule has 23 heavy (non-hydrogen) atoms. The summed E-state index contributed by atoms with van der Waals surface area (Å²) in [5.74, 6) is 0.323. The standard InChI is InChI=1S/C17H26N2O3S/c1-13-4-7-16(10-17(13)18(2)3)23(20,21)19(15-5-6-15)11-14-8-9-22-12-14/h4,7,10,14-15H,5-6,8-9,11-12H2,1-3H3/t14-/m1/s1. The fraction of sp³-hybridized carbons (Fsp3) is 0.647. The van der Waals surface area contributed by atoms with Gasteiger partial charge in [0.1, 0.15) is 0 Å². The highest BCUT2D eigenvalue weighted by Crippen LogP contribution is 2.35. The Morgan fingerprint density at radius 1 is 1.22 bits per heavy atom. The summed E-state index contributed by atoms with van der Waals surface area (Å²) in [4.78, 5) is 2.36. The third kappa shape index (κ3) is 3.54. The van der Waals surface area contributed by atoms with Crippen molar-refractivity contribution in [1.29, 1.82) is 0 Å². The van der Waals surface area contributed by atoms with E-state index in [0.717, 1.165) is 37.1 Å². The highest BCUT2D eigenvalue weighted by atomic mass is 32.2. The van der Waals surface area contributed by atoms with Gasteiger partial charge in [-0.25, -0.2) is 8.42 Å². The average Bonchev–Trinajstić information content (AvgIpc) is 3.20. The van der Waals surface area contributed by atoms with Crippen molar-refractivity contribution in [3.8, 4) is 0 Å². The maximum atomic E-state index is 13.2. The molecular formula is C17H26N2O3S. The van der Waals surface area contributed by atoms with E-state index in [1.807, 2.05) is 32.0 Å². The lowest BCUT2D eigenvalue weighted by Gasteiger charge is -2.25. The van der Waals surface area contributed by atoms with Gasteiger partial charge in [0.05, 0.1) is 11.5 Å². The fourth-order valence-corrected chi connectivity index (χ4v) is 4.94. The molecule has 128 valence electrons. The molecule has 2 fully saturated rings. The van der Waals surface area contributed by atoms with Gasteiger partial charge in [0, 0.05) is 39.0 Å². The van der Waals surface area contributed by atoms with Crippen LogP contribution in [0.2, 0.25) is 0 Å². The number of rotatable bonds is 6. The second kappa shape index (κ2) is 6.42. The van der Waals surface area contributed by atoms with Gasteiger partial charge in [-0.3, -0.25) is 0 Å². The van der Waals surface area contributed by atoms with E-state index >= 15 is 0 Å². The Balaban J connectivity index is 1.90. The monoisotopic (exact) mass is 338 g/mol. The third-order valence-corrected chi connectivity index (χ3v) is 6.60. The van der Waals surface area contributed by atoms with Gasteiger partial charge < -0.3 is 9.64 Å². The van der Waals surface area contributed by atoms with E-state index in [0.29, 0.717) is 24.0 Å². The van der Waals surface area contributed by atoms with Gasteiger partial charge in [-0.15, -0.1) is 0 Å². The zero-order valence-corrected chi connectivity index (χ0v) is 15.0. The predicted molar refractivity (Wildman–Crippen MR) is 91.3 cm³/mol. The fourth-order valence-electron chi connectivity index (χ4n) is 3.15. The number of nitrogens with zero attached hydrogens (tertiary/aromatic N) is 2. The molecule has 3 rings (SSSR count). The van der Waals surface area contributed by atoms with Crippen LogP contribution in [-0.4, -0.2) is 52.6 Å². The summed E-state index contributed by atoms with van der Waals surface area (Å²) in [7, 11) is 0.429. The van der Waals surface area contributed by atoms with Crippen LogP contribution >= 0.6 is 0 Å². The van der Waals surface area contributed by atoms with Gasteiger partial charge in [-0.2, -0.15) is 4.31 Å². The molecule has 1 saturated carbocycles. The molecule has 0 N–H and O–H groups in total. The molecule has 0 spiro atoms. The van der Waals surface area contributed by atoms with E-state index in [-0.39, 0.29) is 6.04 Å². The smallest absolute Gasteiger partial charge is 0.243 e. The molecule has 0 aromatic heterocycles. The maximum absolute atomic E-state index is 13.2. The van der Waals surface area contributed by atoms with Crippen molar-refractivity contribution in [1.82, 2.24) is 4.31 Å². The molecule has 0 unspecified atom stereocenters. The van der Waals surface area contributed by atoms with Crippen molar-refractivity contribution in [2.45, 2.75) is 37.1 Å². The van der Waals surface area contributed by atoms with Gasteiger partial charge in [0.2, 0.25) is 10.0 Å². The summed E-state index contributed by atoms with van der Waals surface area (Å²) < 4.78 is 33.4. The number of hydrogen-bond donors (Lipinski definition) is 0. The van der Waals surface area contributed by atoms with Crippen molar-refractivity contribution >= 4 is 15.7 Å². The van der Waals surface area contributed by atoms with Crippen LogP contribution < -0.4 is 4.90 Å². The van der Waals surface area contributed by atoms with Crippen LogP contribution in [0.5, 0.6) is 0 Å². The molecular weight excluding hydrogens is 312 g/mol. The Labute approximate surface area is 139 Å². The SMILES string of the molecule is Cc1ccc(S(=O)(=O)N(C[C@H]2CCOC2)C2CC2)cc1N(C)C. The molecule has 1 aromatic carbocycles. The number of ether oxygens (including phenoxy) is 1. The molecule has 1 atom stereocenters. The van der Waals surface area contributed by atoms with Crippen LogP contribution in [0.4, 0.5) is 5.69 Å². The lowest BCUT2D eigenvalue weighted by atomic mass is 10.1. The van der Waals surface area contributed by atoms with E-state index in [9.17, 15) is 8.42 Å². The molecule has 1 aliphatic carbocycles. The zero-order chi connectivity index (χ0) is 16.6. The van der Waals surface area contributed by atoms with Crippen molar-refractivity contribution in [3.05, 3.63) is 23.8 Å². The van der Waals surface area contributed by atoms with Crippen LogP contribution in [0, 0.1) is 12.8 Å². The molecule has 1 saturated heterocycles. The highest BCUT2D eigenvalue weighted by molar-refractivity contribution is 7.89. The molecule has 0 radical (unpaired) electrons. The van der Waals surface area contributed by atoms with E-state index < -0.39 is 10.0 Å². The normalized spacial score (nSPS) is 21.8.